The first kappa shape index (κ1) is 38.2. The molecule has 0 aromatic carbocycles. The van der Waals surface area contributed by atoms with Gasteiger partial charge in [0.05, 0.1) is 0 Å². The fourth-order valence-electron chi connectivity index (χ4n) is 1.78. The normalized spacial score (nSPS) is 9.70. The van der Waals surface area contributed by atoms with Crippen molar-refractivity contribution in [2.45, 2.75) is 40.5 Å². The minimum atomic E-state index is 0. The molecule has 23 heavy (non-hydrogen) atoms. The van der Waals surface area contributed by atoms with E-state index >= 15 is 0 Å². The first-order chi connectivity index (χ1) is 10.8. The molecule has 0 saturated heterocycles. The van der Waals surface area contributed by atoms with Gasteiger partial charge in [0.1, 0.15) is 0 Å². The molecule has 0 atom stereocenters. The van der Waals surface area contributed by atoms with Crippen LogP contribution in [-0.4, -0.2) is 17.8 Å². The van der Waals surface area contributed by atoms with Gasteiger partial charge in [0.2, 0.25) is 0 Å². The Labute approximate surface area is 154 Å². The molecule has 6 nitrogen and oxygen atoms in total. The maximum Gasteiger partial charge on any atom is 0 e. The van der Waals surface area contributed by atoms with E-state index in [1.807, 2.05) is 0 Å². The van der Waals surface area contributed by atoms with Crippen LogP contribution in [0.3, 0.4) is 0 Å². The van der Waals surface area contributed by atoms with Crippen molar-refractivity contribution in [1.82, 2.24) is 4.67 Å². The maximum atomic E-state index is 7.50. The van der Waals surface area contributed by atoms with Crippen LogP contribution >= 0.6 is 8.07 Å². The first-order valence-corrected chi connectivity index (χ1v) is 7.38. The first-order valence-electron chi connectivity index (χ1n) is 6.09. The number of nitrogens with zero attached hydrogens (tertiary/aromatic N) is 1. The fourth-order valence-corrected chi connectivity index (χ4v) is 4.54. The van der Waals surface area contributed by atoms with E-state index in [4.69, 9.17) is 23.3 Å². The third-order valence-electron chi connectivity index (χ3n) is 2.48. The van der Waals surface area contributed by atoms with Crippen LogP contribution in [0.2, 0.25) is 0 Å². The zero-order valence-electron chi connectivity index (χ0n) is 13.7. The number of allylic oxidation sites excluding steroid dienone is 2. The van der Waals surface area contributed by atoms with Gasteiger partial charge in [0, 0.05) is 29.1 Å². The molecule has 1 rings (SSSR count). The van der Waals surface area contributed by atoms with Gasteiger partial charge in [-0.15, -0.1) is 0 Å². The number of rotatable bonds is 5. The Balaban J connectivity index is -0.0000000565. The second kappa shape index (κ2) is 37.6. The Morgan fingerprint density at radius 2 is 0.870 bits per heavy atom. The molecular weight excluding hydrogens is 489 g/mol. The van der Waals surface area contributed by atoms with E-state index in [2.05, 4.69) is 65.6 Å². The molecule has 0 aliphatic carbocycles. The summed E-state index contributed by atoms with van der Waals surface area (Å²) in [5, 5.41) is 3.55. The molecule has 0 aromatic heterocycles. The van der Waals surface area contributed by atoms with Gasteiger partial charge in [0.15, 0.2) is 0 Å². The van der Waals surface area contributed by atoms with Crippen LogP contribution in [0.25, 0.3) is 0 Å². The van der Waals surface area contributed by atoms with Gasteiger partial charge in [-0.05, 0) is 36.6 Å². The molecule has 0 bridgehead atoms. The Morgan fingerprint density at radius 1 is 0.652 bits per heavy atom. The van der Waals surface area contributed by atoms with Gasteiger partial charge in [-0.1, -0.05) is 27.7 Å². The molecule has 0 aromatic rings. The van der Waals surface area contributed by atoms with Crippen LogP contribution in [0.1, 0.15) is 40.5 Å². The van der Waals surface area contributed by atoms with Crippen molar-refractivity contribution in [3.63, 3.8) is 0 Å². The predicted molar refractivity (Wildman–Crippen MR) is 77.1 cm³/mol. The third-order valence-corrected chi connectivity index (χ3v) is 5.58. The summed E-state index contributed by atoms with van der Waals surface area (Å²) in [5.41, 5.74) is 0. The van der Waals surface area contributed by atoms with Gasteiger partial charge >= 0.3 is 56.5 Å². The largest absolute Gasteiger partial charge is 0 e. The monoisotopic (exact) mass is 509 g/mol. The standard InChI is InChI=1S/C10H20NP.5CO.W/c1-5-9-10(6-2)12(9)11(7-3)8-4;5*1-2;/h5-8H2,1-4H3;;;;;;. The summed E-state index contributed by atoms with van der Waals surface area (Å²) < 4.78 is 40.1. The van der Waals surface area contributed by atoms with E-state index < -0.39 is 0 Å². The van der Waals surface area contributed by atoms with Crippen LogP contribution < -0.4 is 0 Å². The quantitative estimate of drug-likeness (QED) is 0.316. The fraction of sp³-hybridized carbons (Fsp3) is 0.533. The van der Waals surface area contributed by atoms with Gasteiger partial charge in [0.25, 0.3) is 0 Å². The second-order valence-electron chi connectivity index (χ2n) is 3.05. The molecular formula is C15H20NO5PW. The zero-order valence-corrected chi connectivity index (χ0v) is 17.5. The van der Waals surface area contributed by atoms with Gasteiger partial charge in [-0.3, -0.25) is 4.67 Å². The summed E-state index contributed by atoms with van der Waals surface area (Å²) in [4.78, 5) is 0. The van der Waals surface area contributed by atoms with Crippen LogP contribution in [0.15, 0.2) is 10.6 Å². The van der Waals surface area contributed by atoms with Gasteiger partial charge in [-0.25, -0.2) is 0 Å². The van der Waals surface area contributed by atoms with Gasteiger partial charge in [-0.2, -0.15) is 0 Å². The molecule has 1 aliphatic rings. The molecule has 0 amide bonds. The smallest absolute Gasteiger partial charge is 0 e. The van der Waals surface area contributed by atoms with E-state index in [1.54, 1.807) is 10.6 Å². The minimum Gasteiger partial charge on any atom is 0 e. The molecule has 8 heteroatoms. The van der Waals surface area contributed by atoms with Crippen molar-refractivity contribution in [2.24, 2.45) is 0 Å². The summed E-state index contributed by atoms with van der Waals surface area (Å²) in [6.45, 7) is 34.0. The molecule has 0 radical (unpaired) electrons. The SMILES string of the molecule is CCC1=C(CC)P1N(CC)CC.[C-]#[O+].[C-]#[O+].[C-]#[O+].[C-]#[O+].[C-]#[O+].[W]. The topological polar surface area (TPSA) is 103 Å². The van der Waals surface area contributed by atoms with Crippen LogP contribution in [-0.2, 0) is 44.3 Å². The van der Waals surface area contributed by atoms with Crippen molar-refractivity contribution < 1.29 is 44.3 Å². The molecule has 0 fully saturated rings. The van der Waals surface area contributed by atoms with E-state index in [-0.39, 0.29) is 29.1 Å². The summed E-state index contributed by atoms with van der Waals surface area (Å²) in [5.74, 6) is 0. The van der Waals surface area contributed by atoms with Gasteiger partial charge < -0.3 is 0 Å². The molecule has 0 saturated carbocycles. The van der Waals surface area contributed by atoms with E-state index in [0.717, 1.165) is 0 Å². The van der Waals surface area contributed by atoms with Crippen LogP contribution in [0.4, 0.5) is 0 Å². The maximum absolute atomic E-state index is 7.50. The van der Waals surface area contributed by atoms with Crippen molar-refractivity contribution in [1.29, 1.82) is 0 Å². The van der Waals surface area contributed by atoms with E-state index in [0.29, 0.717) is 0 Å². The van der Waals surface area contributed by atoms with Crippen molar-refractivity contribution in [2.75, 3.05) is 13.1 Å². The molecule has 1 aliphatic heterocycles. The molecule has 0 spiro atoms. The van der Waals surface area contributed by atoms with E-state index in [1.165, 1.54) is 25.9 Å². The van der Waals surface area contributed by atoms with Crippen LogP contribution in [0, 0.1) is 33.3 Å². The molecule has 0 unspecified atom stereocenters. The average Bonchev–Trinajstić information content (AvgIpc) is 3.37. The summed E-state index contributed by atoms with van der Waals surface area (Å²) >= 11 is 0. The Morgan fingerprint density at radius 3 is 1.00 bits per heavy atom. The summed E-state index contributed by atoms with van der Waals surface area (Å²) in [6, 6.07) is 0. The second-order valence-corrected chi connectivity index (χ2v) is 5.32. The predicted octanol–water partition coefficient (Wildman–Crippen LogP) is 3.58. The number of hydrogen-bond donors (Lipinski definition) is 0. The van der Waals surface area contributed by atoms with Crippen LogP contribution in [0.5, 0.6) is 0 Å². The van der Waals surface area contributed by atoms with E-state index in [9.17, 15) is 0 Å². The molecule has 0 N–H and O–H groups in total. The number of hydrogen-bond acceptors (Lipinski definition) is 1. The Hall–Kier alpha value is -0.482. The third kappa shape index (κ3) is 17.7. The average molecular weight is 509 g/mol. The zero-order chi connectivity index (χ0) is 19.1. The Kier molecular flexibility index (Phi) is 62.5. The molecule has 1 heterocycles. The molecule has 126 valence electrons. The van der Waals surface area contributed by atoms with Crippen molar-refractivity contribution >= 4 is 8.07 Å². The summed E-state index contributed by atoms with van der Waals surface area (Å²) in [7, 11) is 0.126. The minimum absolute atomic E-state index is 0. The summed E-state index contributed by atoms with van der Waals surface area (Å²) in [6.07, 6.45) is 2.57. The van der Waals surface area contributed by atoms with Crippen molar-refractivity contribution in [3.05, 3.63) is 43.9 Å². The Bertz CT molecular complexity index is 321. The van der Waals surface area contributed by atoms with Crippen molar-refractivity contribution in [3.8, 4) is 0 Å².